The molecule has 80 valence electrons. The maximum atomic E-state index is 11.9. The number of rotatable bonds is 2. The Morgan fingerprint density at radius 3 is 3.13 bits per heavy atom. The lowest BCUT2D eigenvalue weighted by Crippen LogP contribution is -2.44. The molecule has 6 heteroatoms. The monoisotopic (exact) mass is 207 g/mol. The normalized spacial score (nSPS) is 20.2. The van der Waals surface area contributed by atoms with Crippen LogP contribution in [0.15, 0.2) is 18.6 Å². The lowest BCUT2D eigenvalue weighted by Gasteiger charge is -2.19. The van der Waals surface area contributed by atoms with Gasteiger partial charge in [-0.15, -0.1) is 0 Å². The molecule has 1 aromatic heterocycles. The van der Waals surface area contributed by atoms with Gasteiger partial charge >= 0.3 is 0 Å². The van der Waals surface area contributed by atoms with Crippen LogP contribution >= 0.6 is 0 Å². The van der Waals surface area contributed by atoms with Crippen LogP contribution in [0.3, 0.4) is 0 Å². The van der Waals surface area contributed by atoms with Crippen LogP contribution in [0.1, 0.15) is 6.42 Å². The Kier molecular flexibility index (Phi) is 2.89. The minimum atomic E-state index is -0.162. The molecule has 0 spiro atoms. The van der Waals surface area contributed by atoms with Gasteiger partial charge in [0.05, 0.1) is 0 Å². The number of hydrogen-bond acceptors (Lipinski definition) is 5. The van der Waals surface area contributed by atoms with Crippen molar-refractivity contribution < 1.29 is 4.79 Å². The molecule has 0 bridgehead atoms. The zero-order chi connectivity index (χ0) is 10.7. The first-order valence-corrected chi connectivity index (χ1v) is 4.81. The second-order valence-corrected chi connectivity index (χ2v) is 3.38. The first-order chi connectivity index (χ1) is 7.29. The lowest BCUT2D eigenvalue weighted by atomic mass is 10.2. The van der Waals surface area contributed by atoms with E-state index >= 15 is 0 Å². The third-order valence-corrected chi connectivity index (χ3v) is 2.37. The Hall–Kier alpha value is -1.53. The molecule has 1 aliphatic heterocycles. The molecule has 1 unspecified atom stereocenters. The summed E-state index contributed by atoms with van der Waals surface area (Å²) in [7, 11) is 1.71. The molecule has 2 rings (SSSR count). The average Bonchev–Trinajstić information content (AvgIpc) is 2.82. The fraction of sp³-hybridized carbons (Fsp3) is 0.444. The maximum absolute atomic E-state index is 11.9. The lowest BCUT2D eigenvalue weighted by molar-refractivity contribution is -0.120. The summed E-state index contributed by atoms with van der Waals surface area (Å²) in [6.07, 6.45) is 3.85. The molecule has 0 radical (unpaired) electrons. The van der Waals surface area contributed by atoms with E-state index in [9.17, 15) is 4.79 Å². The van der Waals surface area contributed by atoms with E-state index in [1.54, 1.807) is 19.3 Å². The van der Waals surface area contributed by atoms with Crippen molar-refractivity contribution in [2.45, 2.75) is 12.5 Å². The summed E-state index contributed by atoms with van der Waals surface area (Å²) < 4.78 is 0. The summed E-state index contributed by atoms with van der Waals surface area (Å²) >= 11 is 0. The average molecular weight is 207 g/mol. The van der Waals surface area contributed by atoms with Gasteiger partial charge in [0.1, 0.15) is 18.2 Å². The number of nitrogens with zero attached hydrogens (tertiary/aromatic N) is 3. The quantitative estimate of drug-likeness (QED) is 0.671. The number of carbonyl (C=O) groups is 1. The van der Waals surface area contributed by atoms with Crippen molar-refractivity contribution in [2.24, 2.45) is 0 Å². The molecule has 0 saturated carbocycles. The van der Waals surface area contributed by atoms with Crippen molar-refractivity contribution in [3.8, 4) is 0 Å². The van der Waals surface area contributed by atoms with Gasteiger partial charge in [0.2, 0.25) is 5.91 Å². The maximum Gasteiger partial charge on any atom is 0.246 e. The Labute approximate surface area is 87.7 Å². The highest BCUT2D eigenvalue weighted by atomic mass is 16.2. The van der Waals surface area contributed by atoms with Crippen molar-refractivity contribution in [2.75, 3.05) is 18.5 Å². The predicted octanol–water partition coefficient (Wildman–Crippen LogP) is -0.694. The number of aromatic nitrogens is 2. The van der Waals surface area contributed by atoms with E-state index in [1.165, 1.54) is 11.2 Å². The predicted molar refractivity (Wildman–Crippen MR) is 55.0 cm³/mol. The van der Waals surface area contributed by atoms with Crippen LogP contribution in [0, 0.1) is 0 Å². The number of hydrazine groups is 1. The molecule has 1 fully saturated rings. The Morgan fingerprint density at radius 2 is 2.53 bits per heavy atom. The van der Waals surface area contributed by atoms with Gasteiger partial charge in [0, 0.05) is 19.8 Å². The van der Waals surface area contributed by atoms with Gasteiger partial charge in [0.15, 0.2) is 0 Å². The van der Waals surface area contributed by atoms with Gasteiger partial charge in [0.25, 0.3) is 0 Å². The Balaban J connectivity index is 2.07. The van der Waals surface area contributed by atoms with E-state index in [1.807, 2.05) is 0 Å². The fourth-order valence-electron chi connectivity index (χ4n) is 1.50. The van der Waals surface area contributed by atoms with Crippen molar-refractivity contribution >= 4 is 11.7 Å². The van der Waals surface area contributed by atoms with Crippen LogP contribution in [-0.4, -0.2) is 35.5 Å². The van der Waals surface area contributed by atoms with E-state index < -0.39 is 0 Å². The third-order valence-electron chi connectivity index (χ3n) is 2.37. The summed E-state index contributed by atoms with van der Waals surface area (Å²) in [5.41, 5.74) is 5.85. The van der Waals surface area contributed by atoms with E-state index in [0.29, 0.717) is 5.82 Å². The zero-order valence-electron chi connectivity index (χ0n) is 8.47. The van der Waals surface area contributed by atoms with E-state index in [0.717, 1.165) is 13.0 Å². The summed E-state index contributed by atoms with van der Waals surface area (Å²) in [5.74, 6) is 0.627. The molecule has 0 aromatic carbocycles. The van der Waals surface area contributed by atoms with Crippen LogP contribution in [0.5, 0.6) is 0 Å². The van der Waals surface area contributed by atoms with Crippen molar-refractivity contribution in [3.63, 3.8) is 0 Å². The largest absolute Gasteiger partial charge is 0.298 e. The number of likely N-dealkylation sites (N-methyl/N-ethyl adjacent to an activating group) is 1. The van der Waals surface area contributed by atoms with Crippen LogP contribution in [-0.2, 0) is 4.79 Å². The molecule has 1 aliphatic rings. The fourth-order valence-corrected chi connectivity index (χ4v) is 1.50. The smallest absolute Gasteiger partial charge is 0.246 e. The van der Waals surface area contributed by atoms with E-state index in [2.05, 4.69) is 20.8 Å². The van der Waals surface area contributed by atoms with Crippen LogP contribution in [0.4, 0.5) is 5.82 Å². The first-order valence-electron chi connectivity index (χ1n) is 4.81. The number of hydrogen-bond donors (Lipinski definition) is 2. The highest BCUT2D eigenvalue weighted by Gasteiger charge is 2.25. The molecule has 6 nitrogen and oxygen atoms in total. The van der Waals surface area contributed by atoms with Gasteiger partial charge in [-0.3, -0.25) is 15.1 Å². The summed E-state index contributed by atoms with van der Waals surface area (Å²) in [6.45, 7) is 0.814. The molecular weight excluding hydrogens is 194 g/mol. The van der Waals surface area contributed by atoms with E-state index in [-0.39, 0.29) is 11.9 Å². The molecule has 1 saturated heterocycles. The highest BCUT2D eigenvalue weighted by Crippen LogP contribution is 2.09. The number of nitrogens with one attached hydrogen (secondary N) is 2. The summed E-state index contributed by atoms with van der Waals surface area (Å²) in [5, 5.41) is 0. The van der Waals surface area contributed by atoms with Gasteiger partial charge < -0.3 is 0 Å². The van der Waals surface area contributed by atoms with Crippen molar-refractivity contribution in [1.82, 2.24) is 20.8 Å². The summed E-state index contributed by atoms with van der Waals surface area (Å²) in [6, 6.07) is 1.55. The molecule has 2 heterocycles. The minimum absolute atomic E-state index is 0.0127. The van der Waals surface area contributed by atoms with Crippen LogP contribution in [0.25, 0.3) is 0 Å². The Morgan fingerprint density at radius 1 is 1.67 bits per heavy atom. The van der Waals surface area contributed by atoms with Gasteiger partial charge in [-0.1, -0.05) is 0 Å². The number of carbonyl (C=O) groups excluding carboxylic acids is 1. The molecule has 15 heavy (non-hydrogen) atoms. The first kappa shape index (κ1) is 10.0. The SMILES string of the molecule is CN(C(=O)C1CCNN1)c1ccncn1. The molecule has 1 amide bonds. The standard InChI is InChI=1S/C9H13N5O/c1-14(8-3-4-10-6-11-8)9(15)7-2-5-12-13-7/h3-4,6-7,12-13H,2,5H2,1H3. The van der Waals surface area contributed by atoms with Crippen molar-refractivity contribution in [3.05, 3.63) is 18.6 Å². The van der Waals surface area contributed by atoms with Crippen molar-refractivity contribution in [1.29, 1.82) is 0 Å². The highest BCUT2D eigenvalue weighted by molar-refractivity contribution is 5.95. The van der Waals surface area contributed by atoms with Gasteiger partial charge in [-0.25, -0.2) is 15.4 Å². The second kappa shape index (κ2) is 4.33. The molecular formula is C9H13N5O. The number of amides is 1. The minimum Gasteiger partial charge on any atom is -0.298 e. The topological polar surface area (TPSA) is 70.2 Å². The molecule has 2 N–H and O–H groups in total. The van der Waals surface area contributed by atoms with Gasteiger partial charge in [-0.05, 0) is 12.5 Å². The third kappa shape index (κ3) is 2.11. The van der Waals surface area contributed by atoms with E-state index in [4.69, 9.17) is 0 Å². The Bertz CT molecular complexity index is 336. The summed E-state index contributed by atoms with van der Waals surface area (Å²) in [4.78, 5) is 21.3. The van der Waals surface area contributed by atoms with Crippen LogP contribution < -0.4 is 15.8 Å². The van der Waals surface area contributed by atoms with Crippen LogP contribution in [0.2, 0.25) is 0 Å². The van der Waals surface area contributed by atoms with Gasteiger partial charge in [-0.2, -0.15) is 0 Å². The molecule has 0 aliphatic carbocycles. The molecule has 1 aromatic rings. The zero-order valence-corrected chi connectivity index (χ0v) is 8.47. The second-order valence-electron chi connectivity index (χ2n) is 3.38. The number of anilines is 1. The molecule has 1 atom stereocenters.